The smallest absolute Gasteiger partial charge is 0.328 e. The Bertz CT molecular complexity index is 1280. The van der Waals surface area contributed by atoms with Gasteiger partial charge in [-0.3, -0.25) is 4.98 Å². The van der Waals surface area contributed by atoms with E-state index in [2.05, 4.69) is 10.1 Å². The van der Waals surface area contributed by atoms with Gasteiger partial charge in [-0.25, -0.2) is 18.9 Å². The first-order chi connectivity index (χ1) is 14.5. The molecule has 0 unspecified atom stereocenters. The summed E-state index contributed by atoms with van der Waals surface area (Å²) in [5, 5.41) is 14.5. The van der Waals surface area contributed by atoms with E-state index in [0.717, 1.165) is 28.2 Å². The van der Waals surface area contributed by atoms with Crippen molar-refractivity contribution < 1.29 is 14.3 Å². The third kappa shape index (κ3) is 3.57. The molecular weight excluding hydrogens is 383 g/mol. The van der Waals surface area contributed by atoms with Crippen LogP contribution in [0.2, 0.25) is 0 Å². The molecule has 0 radical (unpaired) electrons. The van der Waals surface area contributed by atoms with Crippen molar-refractivity contribution in [3.63, 3.8) is 0 Å². The van der Waals surface area contributed by atoms with Gasteiger partial charge in [0.1, 0.15) is 5.82 Å². The predicted octanol–water partition coefficient (Wildman–Crippen LogP) is 4.73. The average molecular weight is 402 g/mol. The minimum atomic E-state index is -1.07. The molecule has 3 heterocycles. The summed E-state index contributed by atoms with van der Waals surface area (Å²) in [6.45, 7) is 4.53. The van der Waals surface area contributed by atoms with E-state index >= 15 is 0 Å². The van der Waals surface area contributed by atoms with Crippen molar-refractivity contribution in [1.82, 2.24) is 19.7 Å². The van der Waals surface area contributed by atoms with Crippen molar-refractivity contribution in [2.75, 3.05) is 0 Å². The molecule has 3 aromatic heterocycles. The summed E-state index contributed by atoms with van der Waals surface area (Å²) in [6.07, 6.45) is 7.82. The molecule has 0 atom stereocenters. The van der Waals surface area contributed by atoms with Crippen LogP contribution < -0.4 is 0 Å². The number of fused-ring (bicyclic) bond motifs is 1. The molecule has 0 fully saturated rings. The van der Waals surface area contributed by atoms with Gasteiger partial charge in [-0.15, -0.1) is 0 Å². The lowest BCUT2D eigenvalue weighted by Gasteiger charge is -2.14. The fourth-order valence-electron chi connectivity index (χ4n) is 3.48. The van der Waals surface area contributed by atoms with Crippen LogP contribution in [-0.4, -0.2) is 30.8 Å². The summed E-state index contributed by atoms with van der Waals surface area (Å²) in [7, 11) is 0. The summed E-state index contributed by atoms with van der Waals surface area (Å²) in [4.78, 5) is 20.4. The molecule has 1 N–H and O–H groups in total. The first kappa shape index (κ1) is 19.4. The summed E-state index contributed by atoms with van der Waals surface area (Å²) in [6, 6.07) is 7.96. The van der Waals surface area contributed by atoms with Gasteiger partial charge >= 0.3 is 5.97 Å². The van der Waals surface area contributed by atoms with E-state index in [1.54, 1.807) is 35.4 Å². The summed E-state index contributed by atoms with van der Waals surface area (Å²) in [5.74, 6) is -1.43. The van der Waals surface area contributed by atoms with Gasteiger partial charge < -0.3 is 5.11 Å². The highest BCUT2D eigenvalue weighted by Crippen LogP contribution is 2.38. The van der Waals surface area contributed by atoms with Crippen molar-refractivity contribution in [3.05, 3.63) is 71.9 Å². The number of halogens is 1. The number of aromatic nitrogens is 4. The average Bonchev–Trinajstić information content (AvgIpc) is 3.14. The minimum absolute atomic E-state index is 0.357. The van der Waals surface area contributed by atoms with Gasteiger partial charge in [0.15, 0.2) is 5.65 Å². The molecule has 7 heteroatoms. The van der Waals surface area contributed by atoms with Crippen molar-refractivity contribution in [2.45, 2.75) is 20.4 Å². The zero-order valence-electron chi connectivity index (χ0n) is 16.5. The lowest BCUT2D eigenvalue weighted by molar-refractivity contribution is -0.131. The molecule has 4 rings (SSSR count). The molecule has 0 aliphatic heterocycles. The second-order valence-corrected chi connectivity index (χ2v) is 6.88. The SMILES string of the molecule is CCn1ncc2c(-c3cncc(C)c3)c(/C=C/C(=O)O)c(-c3ccc(F)cc3)nc21. The fraction of sp³-hybridized carbons (Fsp3) is 0.130. The van der Waals surface area contributed by atoms with Gasteiger partial charge in [-0.2, -0.15) is 5.10 Å². The number of carboxylic acid groups (broad SMARTS) is 1. The molecule has 0 saturated heterocycles. The van der Waals surface area contributed by atoms with E-state index in [-0.39, 0.29) is 5.82 Å². The van der Waals surface area contributed by atoms with Gasteiger partial charge in [-0.1, -0.05) is 0 Å². The van der Waals surface area contributed by atoms with E-state index in [9.17, 15) is 14.3 Å². The number of aliphatic carboxylic acids is 1. The quantitative estimate of drug-likeness (QED) is 0.488. The Kier molecular flexibility index (Phi) is 5.10. The maximum absolute atomic E-state index is 13.5. The van der Waals surface area contributed by atoms with Crippen LogP contribution >= 0.6 is 0 Å². The second-order valence-electron chi connectivity index (χ2n) is 6.88. The Balaban J connectivity index is 2.14. The van der Waals surface area contributed by atoms with E-state index < -0.39 is 5.97 Å². The molecule has 150 valence electrons. The third-order valence-corrected chi connectivity index (χ3v) is 4.80. The van der Waals surface area contributed by atoms with Crippen LogP contribution in [-0.2, 0) is 11.3 Å². The summed E-state index contributed by atoms with van der Waals surface area (Å²) in [5.41, 5.74) is 5.08. The molecule has 0 saturated carbocycles. The van der Waals surface area contributed by atoms with E-state index in [1.807, 2.05) is 19.9 Å². The Morgan fingerprint density at radius 2 is 1.93 bits per heavy atom. The lowest BCUT2D eigenvalue weighted by atomic mass is 9.93. The Morgan fingerprint density at radius 1 is 1.17 bits per heavy atom. The molecule has 0 bridgehead atoms. The first-order valence-corrected chi connectivity index (χ1v) is 9.46. The second kappa shape index (κ2) is 7.87. The molecule has 0 amide bonds. The van der Waals surface area contributed by atoms with Gasteiger partial charge in [0.2, 0.25) is 0 Å². The highest BCUT2D eigenvalue weighted by molar-refractivity contribution is 6.02. The minimum Gasteiger partial charge on any atom is -0.478 e. The van der Waals surface area contributed by atoms with Crippen molar-refractivity contribution in [2.24, 2.45) is 0 Å². The standard InChI is InChI=1S/C23H19FN4O2/c1-3-28-23-19(13-26-28)21(16-10-14(2)11-25-12-16)18(8-9-20(29)30)22(27-23)15-4-6-17(24)7-5-15/h4-13H,3H2,1-2H3,(H,29,30)/b9-8+. The molecule has 1 aromatic carbocycles. The predicted molar refractivity (Wildman–Crippen MR) is 113 cm³/mol. The first-order valence-electron chi connectivity index (χ1n) is 9.46. The largest absolute Gasteiger partial charge is 0.478 e. The number of aryl methyl sites for hydroxylation is 2. The highest BCUT2D eigenvalue weighted by Gasteiger charge is 2.20. The summed E-state index contributed by atoms with van der Waals surface area (Å²) >= 11 is 0. The number of benzene rings is 1. The van der Waals surface area contributed by atoms with Crippen LogP contribution in [0.25, 0.3) is 39.5 Å². The normalized spacial score (nSPS) is 11.4. The van der Waals surface area contributed by atoms with Crippen LogP contribution in [0, 0.1) is 12.7 Å². The van der Waals surface area contributed by atoms with Crippen LogP contribution in [0.3, 0.4) is 0 Å². The van der Waals surface area contributed by atoms with Gasteiger partial charge in [0.05, 0.1) is 11.9 Å². The maximum Gasteiger partial charge on any atom is 0.328 e. The number of nitrogens with zero attached hydrogens (tertiary/aromatic N) is 4. The van der Waals surface area contributed by atoms with E-state index in [0.29, 0.717) is 29.0 Å². The number of rotatable bonds is 5. The van der Waals surface area contributed by atoms with E-state index in [4.69, 9.17) is 4.98 Å². The Morgan fingerprint density at radius 3 is 2.60 bits per heavy atom. The zero-order chi connectivity index (χ0) is 21.3. The molecule has 6 nitrogen and oxygen atoms in total. The molecule has 30 heavy (non-hydrogen) atoms. The topological polar surface area (TPSA) is 80.9 Å². The van der Waals surface area contributed by atoms with Crippen molar-refractivity contribution in [3.8, 4) is 22.4 Å². The highest BCUT2D eigenvalue weighted by atomic mass is 19.1. The maximum atomic E-state index is 13.5. The van der Waals surface area contributed by atoms with Crippen LogP contribution in [0.1, 0.15) is 18.1 Å². The number of carbonyl (C=O) groups is 1. The molecule has 0 aliphatic carbocycles. The third-order valence-electron chi connectivity index (χ3n) is 4.80. The Labute approximate surface area is 172 Å². The van der Waals surface area contributed by atoms with Gasteiger partial charge in [0, 0.05) is 52.7 Å². The van der Waals surface area contributed by atoms with Gasteiger partial charge in [-0.05, 0) is 55.8 Å². The fourth-order valence-corrected chi connectivity index (χ4v) is 3.48. The zero-order valence-corrected chi connectivity index (χ0v) is 16.5. The molecule has 0 spiro atoms. The van der Waals surface area contributed by atoms with Crippen LogP contribution in [0.5, 0.6) is 0 Å². The number of hydrogen-bond donors (Lipinski definition) is 1. The number of carboxylic acids is 1. The van der Waals surface area contributed by atoms with Crippen LogP contribution in [0.4, 0.5) is 4.39 Å². The van der Waals surface area contributed by atoms with Gasteiger partial charge in [0.25, 0.3) is 0 Å². The molecule has 0 aliphatic rings. The van der Waals surface area contributed by atoms with Crippen molar-refractivity contribution in [1.29, 1.82) is 0 Å². The lowest BCUT2D eigenvalue weighted by Crippen LogP contribution is -2.01. The number of hydrogen-bond acceptors (Lipinski definition) is 4. The molecule has 4 aromatic rings. The van der Waals surface area contributed by atoms with Crippen LogP contribution in [0.15, 0.2) is 55.0 Å². The Hall–Kier alpha value is -3.87. The molecular formula is C23H19FN4O2. The van der Waals surface area contributed by atoms with E-state index in [1.165, 1.54) is 18.2 Å². The van der Waals surface area contributed by atoms with Crippen molar-refractivity contribution >= 4 is 23.1 Å². The monoisotopic (exact) mass is 402 g/mol. The summed E-state index contributed by atoms with van der Waals surface area (Å²) < 4.78 is 15.3. The number of pyridine rings is 2.